The summed E-state index contributed by atoms with van der Waals surface area (Å²) in [6.07, 6.45) is 4.68. The second kappa shape index (κ2) is 7.22. The minimum absolute atomic E-state index is 0.154. The van der Waals surface area contributed by atoms with E-state index in [1.807, 2.05) is 18.2 Å². The average Bonchev–Trinajstić information content (AvgIpc) is 2.94. The Hall–Kier alpha value is -1.65. The molecule has 2 rings (SSSR count). The smallest absolute Gasteiger partial charge is 0.241 e. The summed E-state index contributed by atoms with van der Waals surface area (Å²) in [5.41, 5.74) is 7.81. The van der Waals surface area contributed by atoms with Crippen LogP contribution in [0.25, 0.3) is 0 Å². The van der Waals surface area contributed by atoms with Crippen LogP contribution >= 0.6 is 0 Å². The number of amides is 1. The zero-order valence-electron chi connectivity index (χ0n) is 11.8. The van der Waals surface area contributed by atoms with E-state index in [-0.39, 0.29) is 5.91 Å². The molecule has 1 aromatic carbocycles. The largest absolute Gasteiger partial charge is 0.324 e. The van der Waals surface area contributed by atoms with Gasteiger partial charge in [0, 0.05) is 12.2 Å². The van der Waals surface area contributed by atoms with Crippen LogP contribution < -0.4 is 11.1 Å². The number of rotatable bonds is 6. The summed E-state index contributed by atoms with van der Waals surface area (Å²) in [6, 6.07) is 7.40. The number of nitrogens with zero attached hydrogens (tertiary/aromatic N) is 1. The van der Waals surface area contributed by atoms with Gasteiger partial charge in [0.1, 0.15) is 0 Å². The average molecular weight is 273 g/mol. The first-order chi connectivity index (χ1) is 9.70. The van der Waals surface area contributed by atoms with Gasteiger partial charge in [0.15, 0.2) is 0 Å². The molecule has 0 saturated carbocycles. The summed E-state index contributed by atoms with van der Waals surface area (Å²) >= 11 is 0. The first-order valence-electron chi connectivity index (χ1n) is 7.18. The minimum atomic E-state index is -0.535. The van der Waals surface area contributed by atoms with Crippen LogP contribution in [0.15, 0.2) is 36.9 Å². The molecule has 1 aliphatic heterocycles. The van der Waals surface area contributed by atoms with Gasteiger partial charge in [-0.05, 0) is 44.0 Å². The zero-order chi connectivity index (χ0) is 14.4. The van der Waals surface area contributed by atoms with Crippen LogP contribution in [0.2, 0.25) is 0 Å². The van der Waals surface area contributed by atoms with Crippen molar-refractivity contribution in [3.63, 3.8) is 0 Å². The SMILES string of the molecule is C=CCC(N)C(=O)Nc1ccccc1CN1CCCC1. The third-order valence-corrected chi connectivity index (χ3v) is 3.63. The van der Waals surface area contributed by atoms with Crippen molar-refractivity contribution in [1.82, 2.24) is 4.90 Å². The maximum absolute atomic E-state index is 12.0. The Morgan fingerprint density at radius 3 is 2.80 bits per heavy atom. The molecule has 0 spiro atoms. The van der Waals surface area contributed by atoms with E-state index in [0.29, 0.717) is 6.42 Å². The maximum Gasteiger partial charge on any atom is 0.241 e. The van der Waals surface area contributed by atoms with Gasteiger partial charge in [-0.3, -0.25) is 9.69 Å². The Labute approximate surface area is 120 Å². The molecule has 20 heavy (non-hydrogen) atoms. The monoisotopic (exact) mass is 273 g/mol. The van der Waals surface area contributed by atoms with Gasteiger partial charge in [-0.1, -0.05) is 24.3 Å². The Balaban J connectivity index is 2.03. The summed E-state index contributed by atoms with van der Waals surface area (Å²) in [5.74, 6) is -0.154. The van der Waals surface area contributed by atoms with E-state index >= 15 is 0 Å². The lowest BCUT2D eigenvalue weighted by Gasteiger charge is -2.18. The summed E-state index contributed by atoms with van der Waals surface area (Å²) in [6.45, 7) is 6.77. The highest BCUT2D eigenvalue weighted by atomic mass is 16.2. The normalized spacial score (nSPS) is 16.9. The first-order valence-corrected chi connectivity index (χ1v) is 7.18. The Morgan fingerprint density at radius 2 is 2.10 bits per heavy atom. The van der Waals surface area contributed by atoms with Gasteiger partial charge in [-0.15, -0.1) is 6.58 Å². The van der Waals surface area contributed by atoms with Crippen molar-refractivity contribution < 1.29 is 4.79 Å². The molecule has 1 aliphatic rings. The third kappa shape index (κ3) is 3.92. The molecule has 1 saturated heterocycles. The zero-order valence-corrected chi connectivity index (χ0v) is 11.8. The minimum Gasteiger partial charge on any atom is -0.324 e. The number of hydrogen-bond acceptors (Lipinski definition) is 3. The summed E-state index contributed by atoms with van der Waals surface area (Å²) < 4.78 is 0. The summed E-state index contributed by atoms with van der Waals surface area (Å²) in [5, 5.41) is 2.93. The van der Waals surface area contributed by atoms with Crippen LogP contribution in [0.1, 0.15) is 24.8 Å². The molecule has 108 valence electrons. The number of hydrogen-bond donors (Lipinski definition) is 2. The molecule has 1 aromatic rings. The van der Waals surface area contributed by atoms with Crippen LogP contribution in [0.4, 0.5) is 5.69 Å². The lowest BCUT2D eigenvalue weighted by molar-refractivity contribution is -0.117. The van der Waals surface area contributed by atoms with Crippen LogP contribution in [0, 0.1) is 0 Å². The van der Waals surface area contributed by atoms with Crippen LogP contribution in [-0.2, 0) is 11.3 Å². The highest BCUT2D eigenvalue weighted by Gasteiger charge is 2.16. The quantitative estimate of drug-likeness (QED) is 0.781. The molecule has 0 aliphatic carbocycles. The van der Waals surface area contributed by atoms with Gasteiger partial charge < -0.3 is 11.1 Å². The van der Waals surface area contributed by atoms with Gasteiger partial charge in [-0.2, -0.15) is 0 Å². The van der Waals surface area contributed by atoms with Gasteiger partial charge in [-0.25, -0.2) is 0 Å². The molecule has 1 fully saturated rings. The van der Waals surface area contributed by atoms with Crippen molar-refractivity contribution in [1.29, 1.82) is 0 Å². The molecular weight excluding hydrogens is 250 g/mol. The molecule has 4 nitrogen and oxygen atoms in total. The van der Waals surface area contributed by atoms with Gasteiger partial charge in [0.2, 0.25) is 5.91 Å². The molecule has 1 amide bonds. The van der Waals surface area contributed by atoms with Crippen molar-refractivity contribution in [3.8, 4) is 0 Å². The number of carbonyl (C=O) groups excluding carboxylic acids is 1. The van der Waals surface area contributed by atoms with Gasteiger partial charge >= 0.3 is 0 Å². The molecule has 4 heteroatoms. The molecule has 0 radical (unpaired) electrons. The number of anilines is 1. The standard InChI is InChI=1S/C16H23N3O/c1-2-7-14(17)16(20)18-15-9-4-3-8-13(15)12-19-10-5-6-11-19/h2-4,8-9,14H,1,5-7,10-12,17H2,(H,18,20). The highest BCUT2D eigenvalue weighted by Crippen LogP contribution is 2.20. The highest BCUT2D eigenvalue weighted by molar-refractivity contribution is 5.95. The second-order valence-electron chi connectivity index (χ2n) is 5.26. The molecule has 1 heterocycles. The Kier molecular flexibility index (Phi) is 5.32. The number of para-hydroxylation sites is 1. The predicted octanol–water partition coefficient (Wildman–Crippen LogP) is 2.12. The number of benzene rings is 1. The number of nitrogens with two attached hydrogens (primary N) is 1. The van der Waals surface area contributed by atoms with Crippen molar-refractivity contribution in [2.45, 2.75) is 31.8 Å². The fourth-order valence-corrected chi connectivity index (χ4v) is 2.47. The molecule has 1 atom stereocenters. The van der Waals surface area contributed by atoms with Crippen molar-refractivity contribution >= 4 is 11.6 Å². The fourth-order valence-electron chi connectivity index (χ4n) is 2.47. The summed E-state index contributed by atoms with van der Waals surface area (Å²) in [7, 11) is 0. The number of nitrogens with one attached hydrogen (secondary N) is 1. The van der Waals surface area contributed by atoms with Gasteiger partial charge in [0.05, 0.1) is 6.04 Å². The van der Waals surface area contributed by atoms with E-state index in [0.717, 1.165) is 30.9 Å². The lowest BCUT2D eigenvalue weighted by Crippen LogP contribution is -2.35. The second-order valence-corrected chi connectivity index (χ2v) is 5.26. The molecule has 0 bridgehead atoms. The Morgan fingerprint density at radius 1 is 1.40 bits per heavy atom. The maximum atomic E-state index is 12.0. The van der Waals surface area contributed by atoms with E-state index < -0.39 is 6.04 Å². The Bertz CT molecular complexity index is 467. The molecule has 1 unspecified atom stereocenters. The van der Waals surface area contributed by atoms with E-state index in [1.165, 1.54) is 12.8 Å². The number of likely N-dealkylation sites (tertiary alicyclic amines) is 1. The molecule has 0 aromatic heterocycles. The van der Waals surface area contributed by atoms with Gasteiger partial charge in [0.25, 0.3) is 0 Å². The first kappa shape index (κ1) is 14.8. The lowest BCUT2D eigenvalue weighted by atomic mass is 10.1. The summed E-state index contributed by atoms with van der Waals surface area (Å²) in [4.78, 5) is 14.4. The van der Waals surface area contributed by atoms with Crippen LogP contribution in [-0.4, -0.2) is 29.9 Å². The van der Waals surface area contributed by atoms with E-state index in [1.54, 1.807) is 6.08 Å². The fraction of sp³-hybridized carbons (Fsp3) is 0.438. The van der Waals surface area contributed by atoms with Crippen molar-refractivity contribution in [3.05, 3.63) is 42.5 Å². The number of carbonyl (C=O) groups is 1. The van der Waals surface area contributed by atoms with Crippen molar-refractivity contribution in [2.24, 2.45) is 5.73 Å². The molecule has 3 N–H and O–H groups in total. The van der Waals surface area contributed by atoms with Crippen molar-refractivity contribution in [2.75, 3.05) is 18.4 Å². The third-order valence-electron chi connectivity index (χ3n) is 3.63. The molecular formula is C16H23N3O. The van der Waals surface area contributed by atoms with Crippen LogP contribution in [0.3, 0.4) is 0 Å². The predicted molar refractivity (Wildman–Crippen MR) is 82.4 cm³/mol. The van der Waals surface area contributed by atoms with E-state index in [4.69, 9.17) is 5.73 Å². The van der Waals surface area contributed by atoms with E-state index in [2.05, 4.69) is 22.9 Å². The van der Waals surface area contributed by atoms with E-state index in [9.17, 15) is 4.79 Å². The topological polar surface area (TPSA) is 58.4 Å². The van der Waals surface area contributed by atoms with Crippen LogP contribution in [0.5, 0.6) is 0 Å².